The van der Waals surface area contributed by atoms with Crippen LogP contribution in [-0.4, -0.2) is 44.4 Å². The zero-order valence-corrected chi connectivity index (χ0v) is 18.6. The van der Waals surface area contributed by atoms with E-state index in [2.05, 4.69) is 17.4 Å². The van der Waals surface area contributed by atoms with Gasteiger partial charge in [0.15, 0.2) is 17.2 Å². The molecule has 0 aliphatic heterocycles. The average Bonchev–Trinajstić information content (AvgIpc) is 2.78. The maximum Gasteiger partial charge on any atom is 0.310 e. The summed E-state index contributed by atoms with van der Waals surface area (Å²) in [4.78, 5) is 10.5. The minimum absolute atomic E-state index is 0.00247. The number of nitro benzene ring substituents is 1. The summed E-state index contributed by atoms with van der Waals surface area (Å²) in [5.41, 5.74) is 5.94. The van der Waals surface area contributed by atoms with Crippen molar-refractivity contribution in [3.8, 4) is 17.2 Å². The van der Waals surface area contributed by atoms with Gasteiger partial charge in [0.1, 0.15) is 0 Å². The lowest BCUT2D eigenvalue weighted by atomic mass is 9.87. The Labute approximate surface area is 188 Å². The van der Waals surface area contributed by atoms with Gasteiger partial charge in [-0.3, -0.25) is 15.5 Å². The molecule has 0 fully saturated rings. The summed E-state index contributed by atoms with van der Waals surface area (Å²) >= 11 is 0. The molecule has 0 radical (unpaired) electrons. The van der Waals surface area contributed by atoms with Crippen LogP contribution < -0.4 is 5.43 Å². The van der Waals surface area contributed by atoms with E-state index < -0.39 is 4.92 Å². The van der Waals surface area contributed by atoms with Gasteiger partial charge in [-0.1, -0.05) is 38.3 Å². The molecule has 32 heavy (non-hydrogen) atoms. The number of nitrogens with one attached hydrogen (secondary N) is 1. The highest BCUT2D eigenvalue weighted by atomic mass is 16.6. The summed E-state index contributed by atoms with van der Waals surface area (Å²) in [5, 5.41) is 42.9. The highest BCUT2D eigenvalue weighted by Gasteiger charge is 2.26. The number of hydrogen-bond acceptors (Lipinski definition) is 7. The number of aromatic hydroxyl groups is 3. The molecule has 0 saturated heterocycles. The van der Waals surface area contributed by atoms with Gasteiger partial charge in [-0.25, -0.2) is 5.01 Å². The van der Waals surface area contributed by atoms with Gasteiger partial charge in [0.2, 0.25) is 0 Å². The van der Waals surface area contributed by atoms with Crippen LogP contribution in [0.4, 0.5) is 5.69 Å². The minimum atomic E-state index is -0.570. The molecule has 0 bridgehead atoms. The van der Waals surface area contributed by atoms with Crippen LogP contribution >= 0.6 is 0 Å². The lowest BCUT2D eigenvalue weighted by Crippen LogP contribution is -2.49. The van der Waals surface area contributed by atoms with E-state index in [1.165, 1.54) is 25.0 Å². The summed E-state index contributed by atoms with van der Waals surface area (Å²) in [7, 11) is 0. The van der Waals surface area contributed by atoms with Crippen molar-refractivity contribution in [1.82, 2.24) is 10.4 Å². The van der Waals surface area contributed by atoms with Crippen LogP contribution in [0.25, 0.3) is 0 Å². The monoisotopic (exact) mass is 443 g/mol. The molecule has 174 valence electrons. The molecule has 0 heterocycles. The van der Waals surface area contributed by atoms with Crippen molar-refractivity contribution in [1.29, 1.82) is 0 Å². The molecule has 0 spiro atoms. The number of fused-ring (bicyclic) bond motifs is 1. The number of benzene rings is 2. The van der Waals surface area contributed by atoms with Crippen LogP contribution in [0.1, 0.15) is 55.7 Å². The molecule has 1 aliphatic carbocycles. The van der Waals surface area contributed by atoms with E-state index in [0.717, 1.165) is 48.9 Å². The van der Waals surface area contributed by atoms with Gasteiger partial charge in [-0.05, 0) is 55.4 Å². The van der Waals surface area contributed by atoms with E-state index in [1.807, 2.05) is 6.07 Å². The van der Waals surface area contributed by atoms with E-state index in [9.17, 15) is 25.4 Å². The van der Waals surface area contributed by atoms with Crippen LogP contribution in [0, 0.1) is 10.1 Å². The second-order valence-corrected chi connectivity index (χ2v) is 8.46. The highest BCUT2D eigenvalue weighted by molar-refractivity contribution is 5.50. The maximum atomic E-state index is 11.1. The van der Waals surface area contributed by atoms with Gasteiger partial charge in [-0.2, -0.15) is 0 Å². The van der Waals surface area contributed by atoms with Crippen molar-refractivity contribution in [2.45, 2.75) is 64.3 Å². The fraction of sp³-hybridized carbons (Fsp3) is 0.500. The summed E-state index contributed by atoms with van der Waals surface area (Å²) in [6.07, 6.45) is 7.58. The molecular formula is C24H33N3O5. The summed E-state index contributed by atoms with van der Waals surface area (Å²) in [6, 6.07) is 8.21. The second kappa shape index (κ2) is 11.2. The molecule has 1 unspecified atom stereocenters. The van der Waals surface area contributed by atoms with Crippen LogP contribution in [-0.2, 0) is 19.3 Å². The fourth-order valence-electron chi connectivity index (χ4n) is 4.38. The molecule has 3 rings (SSSR count). The van der Waals surface area contributed by atoms with Crippen molar-refractivity contribution in [3.63, 3.8) is 0 Å². The maximum absolute atomic E-state index is 11.1. The molecule has 1 atom stereocenters. The Balaban J connectivity index is 1.64. The lowest BCUT2D eigenvalue weighted by Gasteiger charge is -2.36. The largest absolute Gasteiger partial charge is 0.504 e. The van der Waals surface area contributed by atoms with Crippen LogP contribution in [0.5, 0.6) is 17.2 Å². The van der Waals surface area contributed by atoms with Crippen LogP contribution in [0.15, 0.2) is 30.3 Å². The molecule has 4 N–H and O–H groups in total. The molecular weight excluding hydrogens is 410 g/mol. The first-order valence-corrected chi connectivity index (χ1v) is 11.4. The topological polar surface area (TPSA) is 119 Å². The molecule has 2 aromatic rings. The number of phenolic OH excluding ortho intramolecular Hbond substituents is 3. The van der Waals surface area contributed by atoms with Gasteiger partial charge in [0.25, 0.3) is 0 Å². The molecule has 2 aromatic carbocycles. The zero-order valence-electron chi connectivity index (χ0n) is 18.6. The summed E-state index contributed by atoms with van der Waals surface area (Å²) < 4.78 is 0. The van der Waals surface area contributed by atoms with Crippen molar-refractivity contribution in [3.05, 3.63) is 57.1 Å². The van der Waals surface area contributed by atoms with Gasteiger partial charge in [0.05, 0.1) is 4.92 Å². The normalized spacial score (nSPS) is 15.6. The summed E-state index contributed by atoms with van der Waals surface area (Å²) in [5.74, 6) is -0.392. The van der Waals surface area contributed by atoms with Crippen molar-refractivity contribution in [2.24, 2.45) is 0 Å². The first-order chi connectivity index (χ1) is 15.4. The predicted octanol–water partition coefficient (Wildman–Crippen LogP) is 4.20. The number of unbranched alkanes of at least 4 members (excludes halogenated alkanes) is 3. The molecule has 0 aromatic heterocycles. The van der Waals surface area contributed by atoms with Crippen molar-refractivity contribution in [2.75, 3.05) is 13.1 Å². The third kappa shape index (κ3) is 5.89. The van der Waals surface area contributed by atoms with Gasteiger partial charge >= 0.3 is 5.69 Å². The van der Waals surface area contributed by atoms with E-state index in [1.54, 1.807) is 12.1 Å². The van der Waals surface area contributed by atoms with Gasteiger partial charge in [0, 0.05) is 30.8 Å². The molecule has 8 nitrogen and oxygen atoms in total. The Kier molecular flexibility index (Phi) is 8.30. The van der Waals surface area contributed by atoms with Crippen molar-refractivity contribution >= 4 is 5.69 Å². The quantitative estimate of drug-likeness (QED) is 0.178. The SMILES string of the molecule is CCCCCCN(NCCc1ccc(O)c([N+](=O)[O-])c1)C1CCc2c(ccc(O)c2O)C1. The summed E-state index contributed by atoms with van der Waals surface area (Å²) in [6.45, 7) is 3.71. The Hall–Kier alpha value is -2.84. The lowest BCUT2D eigenvalue weighted by molar-refractivity contribution is -0.385. The van der Waals surface area contributed by atoms with E-state index in [4.69, 9.17) is 0 Å². The first-order valence-electron chi connectivity index (χ1n) is 11.4. The molecule has 1 aliphatic rings. The third-order valence-corrected chi connectivity index (χ3v) is 6.20. The number of rotatable bonds is 11. The fourth-order valence-corrected chi connectivity index (χ4v) is 4.38. The Morgan fingerprint density at radius 3 is 2.66 bits per heavy atom. The Morgan fingerprint density at radius 2 is 1.91 bits per heavy atom. The number of hydrazine groups is 1. The van der Waals surface area contributed by atoms with Gasteiger partial charge < -0.3 is 15.3 Å². The number of nitro groups is 1. The number of nitrogens with zero attached hydrogens (tertiary/aromatic N) is 2. The average molecular weight is 444 g/mol. The van der Waals surface area contributed by atoms with Crippen LogP contribution in [0.2, 0.25) is 0 Å². The zero-order chi connectivity index (χ0) is 23.1. The third-order valence-electron chi connectivity index (χ3n) is 6.20. The smallest absolute Gasteiger partial charge is 0.310 e. The standard InChI is InChI=1S/C24H33N3O5/c1-2-3-4-5-14-26(19-8-9-20-18(16-19)7-11-23(29)24(20)30)25-13-12-17-6-10-22(28)21(15-17)27(31)32/h6-7,10-11,15,19,25,28-30H,2-5,8-9,12-14,16H2,1H3. The minimum Gasteiger partial charge on any atom is -0.504 e. The van der Waals surface area contributed by atoms with Gasteiger partial charge in [-0.15, -0.1) is 0 Å². The molecule has 0 saturated carbocycles. The molecule has 8 heteroatoms. The molecule has 0 amide bonds. The van der Waals surface area contributed by atoms with Crippen molar-refractivity contribution < 1.29 is 20.2 Å². The first kappa shape index (κ1) is 23.8. The van der Waals surface area contributed by atoms with E-state index in [0.29, 0.717) is 19.4 Å². The number of phenols is 3. The highest BCUT2D eigenvalue weighted by Crippen LogP contribution is 2.36. The number of hydrogen-bond donors (Lipinski definition) is 4. The predicted molar refractivity (Wildman–Crippen MR) is 123 cm³/mol. The van der Waals surface area contributed by atoms with Crippen LogP contribution in [0.3, 0.4) is 0 Å². The second-order valence-electron chi connectivity index (χ2n) is 8.46. The van der Waals surface area contributed by atoms with E-state index >= 15 is 0 Å². The Bertz CT molecular complexity index is 934. The van der Waals surface area contributed by atoms with E-state index in [-0.39, 0.29) is 29.0 Å². The Morgan fingerprint density at radius 1 is 1.12 bits per heavy atom.